The molecule has 1 fully saturated rings. The van der Waals surface area contributed by atoms with E-state index in [1.165, 1.54) is 12.1 Å². The van der Waals surface area contributed by atoms with Gasteiger partial charge in [0, 0.05) is 6.54 Å². The zero-order chi connectivity index (χ0) is 16.2. The molecular weight excluding hydrogens is 317 g/mol. The van der Waals surface area contributed by atoms with Crippen LogP contribution in [-0.2, 0) is 16.2 Å². The molecule has 1 unspecified atom stereocenters. The molecule has 1 aliphatic heterocycles. The quantitative estimate of drug-likeness (QED) is 0.868. The van der Waals surface area contributed by atoms with Crippen molar-refractivity contribution in [2.45, 2.75) is 30.3 Å². The number of benzene rings is 1. The van der Waals surface area contributed by atoms with E-state index in [1.54, 1.807) is 0 Å². The molecule has 2 N–H and O–H groups in total. The van der Waals surface area contributed by atoms with E-state index in [4.69, 9.17) is 0 Å². The van der Waals surface area contributed by atoms with Crippen molar-refractivity contribution >= 4 is 10.0 Å². The maximum absolute atomic E-state index is 12.9. The van der Waals surface area contributed by atoms with E-state index < -0.39 is 26.7 Å². The van der Waals surface area contributed by atoms with Gasteiger partial charge < -0.3 is 5.32 Å². The Morgan fingerprint density at radius 3 is 2.64 bits per heavy atom. The maximum atomic E-state index is 12.9. The molecule has 0 bridgehead atoms. The van der Waals surface area contributed by atoms with Gasteiger partial charge in [-0.25, -0.2) is 13.1 Å². The van der Waals surface area contributed by atoms with Crippen LogP contribution in [0.15, 0.2) is 29.2 Å². The molecule has 1 aliphatic rings. The predicted octanol–water partition coefficient (Wildman–Crippen LogP) is 2.37. The molecule has 2 rings (SSSR count). The van der Waals surface area contributed by atoms with Crippen molar-refractivity contribution in [3.63, 3.8) is 0 Å². The number of rotatable bonds is 5. The molecule has 22 heavy (non-hydrogen) atoms. The summed E-state index contributed by atoms with van der Waals surface area (Å²) in [7, 11) is -4.17. The predicted molar refractivity (Wildman–Crippen MR) is 76.8 cm³/mol. The Balaban J connectivity index is 2.04. The molecule has 0 aliphatic carbocycles. The third-order valence-corrected chi connectivity index (χ3v) is 5.24. The summed E-state index contributed by atoms with van der Waals surface area (Å²) in [6.07, 6.45) is -2.04. The van der Waals surface area contributed by atoms with E-state index in [1.807, 2.05) is 0 Å². The number of halogens is 3. The van der Waals surface area contributed by atoms with Crippen LogP contribution < -0.4 is 10.0 Å². The van der Waals surface area contributed by atoms with E-state index in [9.17, 15) is 21.6 Å². The molecule has 1 saturated heterocycles. The van der Waals surface area contributed by atoms with Crippen LogP contribution in [0, 0.1) is 5.92 Å². The van der Waals surface area contributed by atoms with Gasteiger partial charge in [0.25, 0.3) is 0 Å². The summed E-state index contributed by atoms with van der Waals surface area (Å²) in [5, 5.41) is 3.22. The van der Waals surface area contributed by atoms with Crippen molar-refractivity contribution in [3.05, 3.63) is 29.8 Å². The van der Waals surface area contributed by atoms with Gasteiger partial charge in [-0.05, 0) is 50.4 Å². The smallest absolute Gasteiger partial charge is 0.316 e. The third kappa shape index (κ3) is 4.44. The first-order valence-electron chi connectivity index (χ1n) is 7.17. The van der Waals surface area contributed by atoms with Crippen LogP contribution in [0.4, 0.5) is 13.2 Å². The first kappa shape index (κ1) is 17.2. The van der Waals surface area contributed by atoms with E-state index >= 15 is 0 Å². The van der Waals surface area contributed by atoms with E-state index in [0.29, 0.717) is 12.3 Å². The molecule has 8 heteroatoms. The molecule has 1 aromatic carbocycles. The van der Waals surface area contributed by atoms with Crippen molar-refractivity contribution in [2.75, 3.05) is 19.6 Å². The Morgan fingerprint density at radius 2 is 2.00 bits per heavy atom. The second-order valence-corrected chi connectivity index (χ2v) is 7.13. The largest absolute Gasteiger partial charge is 0.417 e. The second kappa shape index (κ2) is 6.97. The average molecular weight is 336 g/mol. The number of piperidine rings is 1. The zero-order valence-corrected chi connectivity index (χ0v) is 12.8. The van der Waals surface area contributed by atoms with Crippen LogP contribution in [0.1, 0.15) is 24.8 Å². The topological polar surface area (TPSA) is 58.2 Å². The van der Waals surface area contributed by atoms with Crippen molar-refractivity contribution in [1.82, 2.24) is 10.0 Å². The molecule has 124 valence electrons. The van der Waals surface area contributed by atoms with Crippen LogP contribution in [0.5, 0.6) is 0 Å². The van der Waals surface area contributed by atoms with Crippen LogP contribution in [0.3, 0.4) is 0 Å². The summed E-state index contributed by atoms with van der Waals surface area (Å²) in [4.78, 5) is -0.718. The summed E-state index contributed by atoms with van der Waals surface area (Å²) in [5.74, 6) is 0.356. The molecule has 0 amide bonds. The third-order valence-electron chi connectivity index (χ3n) is 3.73. The summed E-state index contributed by atoms with van der Waals surface area (Å²) < 4.78 is 65.2. The molecule has 1 atom stereocenters. The van der Waals surface area contributed by atoms with Gasteiger partial charge in [0.15, 0.2) is 0 Å². The lowest BCUT2D eigenvalue weighted by molar-refractivity contribution is -0.139. The summed E-state index contributed by atoms with van der Waals surface area (Å²) >= 11 is 0. The minimum absolute atomic E-state index is 0.140. The van der Waals surface area contributed by atoms with Crippen LogP contribution >= 0.6 is 0 Å². The Morgan fingerprint density at radius 1 is 1.27 bits per heavy atom. The maximum Gasteiger partial charge on any atom is 0.417 e. The van der Waals surface area contributed by atoms with E-state index in [0.717, 1.165) is 38.1 Å². The second-order valence-electron chi connectivity index (χ2n) is 5.39. The lowest BCUT2D eigenvalue weighted by atomic mass is 9.96. The Hall–Kier alpha value is -1.12. The van der Waals surface area contributed by atoms with Gasteiger partial charge in [0.05, 0.1) is 10.5 Å². The van der Waals surface area contributed by atoms with E-state index in [-0.39, 0.29) is 6.54 Å². The van der Waals surface area contributed by atoms with Gasteiger partial charge in [-0.1, -0.05) is 12.1 Å². The fourth-order valence-corrected chi connectivity index (χ4v) is 3.85. The van der Waals surface area contributed by atoms with Crippen molar-refractivity contribution < 1.29 is 21.6 Å². The van der Waals surface area contributed by atoms with Gasteiger partial charge >= 0.3 is 6.18 Å². The summed E-state index contributed by atoms with van der Waals surface area (Å²) in [5.41, 5.74) is -1.14. The SMILES string of the molecule is O=S(=O)(NCCC1CCCNC1)c1ccccc1C(F)(F)F. The van der Waals surface area contributed by atoms with Gasteiger partial charge in [-0.15, -0.1) is 0 Å². The number of sulfonamides is 1. The number of nitrogens with one attached hydrogen (secondary N) is 2. The van der Waals surface area contributed by atoms with Gasteiger partial charge in [-0.3, -0.25) is 0 Å². The average Bonchev–Trinajstić information content (AvgIpc) is 2.47. The molecule has 0 saturated carbocycles. The highest BCUT2D eigenvalue weighted by Gasteiger charge is 2.36. The normalized spacial score (nSPS) is 20.0. The molecule has 4 nitrogen and oxygen atoms in total. The van der Waals surface area contributed by atoms with Crippen LogP contribution in [0.25, 0.3) is 0 Å². The van der Waals surface area contributed by atoms with Crippen molar-refractivity contribution in [2.24, 2.45) is 5.92 Å². The summed E-state index contributed by atoms with van der Waals surface area (Å²) in [6, 6.07) is 4.22. The Kier molecular flexibility index (Phi) is 5.46. The number of alkyl halides is 3. The van der Waals surface area contributed by atoms with Gasteiger partial charge in [0.1, 0.15) is 0 Å². The Bertz CT molecular complexity index is 596. The number of hydrogen-bond acceptors (Lipinski definition) is 3. The van der Waals surface area contributed by atoms with Crippen LogP contribution in [0.2, 0.25) is 0 Å². The monoisotopic (exact) mass is 336 g/mol. The van der Waals surface area contributed by atoms with Gasteiger partial charge in [0.2, 0.25) is 10.0 Å². The molecule has 0 spiro atoms. The van der Waals surface area contributed by atoms with E-state index in [2.05, 4.69) is 10.0 Å². The van der Waals surface area contributed by atoms with Crippen molar-refractivity contribution in [1.29, 1.82) is 0 Å². The first-order valence-corrected chi connectivity index (χ1v) is 8.65. The highest BCUT2D eigenvalue weighted by Crippen LogP contribution is 2.33. The fourth-order valence-electron chi connectivity index (χ4n) is 2.58. The Labute approximate surface area is 128 Å². The lowest BCUT2D eigenvalue weighted by Gasteiger charge is -2.22. The highest BCUT2D eigenvalue weighted by atomic mass is 32.2. The molecule has 0 aromatic heterocycles. The molecule has 0 radical (unpaired) electrons. The first-order chi connectivity index (χ1) is 10.3. The summed E-state index contributed by atoms with van der Waals surface area (Å²) in [6.45, 7) is 1.92. The standard InChI is InChI=1S/C14H19F3N2O2S/c15-14(16,17)12-5-1-2-6-13(12)22(20,21)19-9-7-11-4-3-8-18-10-11/h1-2,5-6,11,18-19H,3-4,7-10H2. The zero-order valence-electron chi connectivity index (χ0n) is 12.0. The highest BCUT2D eigenvalue weighted by molar-refractivity contribution is 7.89. The molecule has 1 heterocycles. The minimum Gasteiger partial charge on any atom is -0.316 e. The fraction of sp³-hybridized carbons (Fsp3) is 0.571. The number of hydrogen-bond donors (Lipinski definition) is 2. The van der Waals surface area contributed by atoms with Crippen LogP contribution in [-0.4, -0.2) is 28.1 Å². The van der Waals surface area contributed by atoms with Crippen molar-refractivity contribution in [3.8, 4) is 0 Å². The molecule has 1 aromatic rings. The lowest BCUT2D eigenvalue weighted by Crippen LogP contribution is -2.33. The minimum atomic E-state index is -4.70. The van der Waals surface area contributed by atoms with Gasteiger partial charge in [-0.2, -0.15) is 13.2 Å². The molecular formula is C14H19F3N2O2S.